The number of benzene rings is 1. The van der Waals surface area contributed by atoms with Crippen LogP contribution in [0.1, 0.15) is 24.5 Å². The van der Waals surface area contributed by atoms with E-state index in [0.29, 0.717) is 12.3 Å². The summed E-state index contributed by atoms with van der Waals surface area (Å²) in [5, 5.41) is 11.2. The molecule has 0 bridgehead atoms. The molecule has 21 heavy (non-hydrogen) atoms. The van der Waals surface area contributed by atoms with Gasteiger partial charge < -0.3 is 15.0 Å². The highest BCUT2D eigenvalue weighted by atomic mass is 16.6. The molecule has 0 aromatic heterocycles. The Kier molecular flexibility index (Phi) is 5.75. The number of amidine groups is 1. The van der Waals surface area contributed by atoms with Crippen molar-refractivity contribution in [3.8, 4) is 0 Å². The summed E-state index contributed by atoms with van der Waals surface area (Å²) in [5.41, 5.74) is 2.60. The van der Waals surface area contributed by atoms with Crippen LogP contribution >= 0.6 is 0 Å². The summed E-state index contributed by atoms with van der Waals surface area (Å²) in [6.45, 7) is 3.87. The van der Waals surface area contributed by atoms with Crippen molar-refractivity contribution in [2.75, 3.05) is 20.2 Å². The molecule has 1 aromatic rings. The number of rotatable bonds is 6. The van der Waals surface area contributed by atoms with Gasteiger partial charge in [0.25, 0.3) is 0 Å². The van der Waals surface area contributed by atoms with Crippen molar-refractivity contribution in [2.45, 2.75) is 20.0 Å². The molecule has 2 rings (SSSR count). The summed E-state index contributed by atoms with van der Waals surface area (Å²) < 4.78 is 0. The molecule has 112 valence electrons. The van der Waals surface area contributed by atoms with Gasteiger partial charge in [0.15, 0.2) is 11.5 Å². The fraction of sp³-hybridized carbons (Fsp3) is 0.400. The van der Waals surface area contributed by atoms with Gasteiger partial charge in [-0.25, -0.2) is 0 Å². The van der Waals surface area contributed by atoms with Gasteiger partial charge in [0.05, 0.1) is 0 Å². The monoisotopic (exact) mass is 288 g/mol. The molecule has 6 nitrogen and oxygen atoms in total. The molecule has 0 radical (unpaired) electrons. The first-order valence-electron chi connectivity index (χ1n) is 6.95. The second-order valence-electron chi connectivity index (χ2n) is 4.43. The van der Waals surface area contributed by atoms with Gasteiger partial charge in [-0.3, -0.25) is 4.99 Å². The fourth-order valence-electron chi connectivity index (χ4n) is 2.06. The third-order valence-corrected chi connectivity index (χ3v) is 2.98. The second-order valence-corrected chi connectivity index (χ2v) is 4.43. The summed E-state index contributed by atoms with van der Waals surface area (Å²) in [5.74, 6) is 0.759. The number of oxime groups is 2. The van der Waals surface area contributed by atoms with Crippen LogP contribution in [0.2, 0.25) is 0 Å². The Morgan fingerprint density at radius 3 is 3.00 bits per heavy atom. The molecule has 1 aliphatic rings. The zero-order chi connectivity index (χ0) is 14.9. The number of nitrogens with one attached hydrogen (secondary N) is 1. The highest BCUT2D eigenvalue weighted by molar-refractivity contribution is 6.47. The van der Waals surface area contributed by atoms with Crippen LogP contribution in [-0.4, -0.2) is 38.0 Å². The number of aliphatic imine (C=N–C) groups is 1. The minimum atomic E-state index is 0.372. The average Bonchev–Trinajstić information content (AvgIpc) is 2.54. The first-order valence-corrected chi connectivity index (χ1v) is 6.95. The van der Waals surface area contributed by atoms with Gasteiger partial charge in [0.2, 0.25) is 0 Å². The molecule has 1 aromatic carbocycles. The molecule has 0 saturated carbocycles. The summed E-state index contributed by atoms with van der Waals surface area (Å²) in [7, 11) is 1.53. The largest absolute Gasteiger partial charge is 0.399 e. The Labute approximate surface area is 124 Å². The lowest BCUT2D eigenvalue weighted by molar-refractivity contribution is 0.131. The number of nitrogens with zero attached hydrogens (tertiary/aromatic N) is 3. The number of hydrogen-bond donors (Lipinski definition) is 1. The van der Waals surface area contributed by atoms with E-state index in [1.807, 2.05) is 31.2 Å². The van der Waals surface area contributed by atoms with Crippen molar-refractivity contribution in [1.29, 1.82) is 0 Å². The summed E-state index contributed by atoms with van der Waals surface area (Å²) in [6.07, 6.45) is 2.64. The van der Waals surface area contributed by atoms with Gasteiger partial charge in [-0.1, -0.05) is 34.6 Å². The van der Waals surface area contributed by atoms with E-state index in [4.69, 9.17) is 9.68 Å². The van der Waals surface area contributed by atoms with E-state index in [1.165, 1.54) is 7.11 Å². The normalized spacial score (nSPS) is 15.5. The lowest BCUT2D eigenvalue weighted by atomic mass is 10.0. The van der Waals surface area contributed by atoms with E-state index in [-0.39, 0.29) is 0 Å². The van der Waals surface area contributed by atoms with Gasteiger partial charge in [0, 0.05) is 30.4 Å². The first-order chi connectivity index (χ1) is 10.4. The molecule has 6 heteroatoms. The minimum absolute atomic E-state index is 0.372. The van der Waals surface area contributed by atoms with Crippen LogP contribution in [0.25, 0.3) is 0 Å². The van der Waals surface area contributed by atoms with E-state index in [9.17, 15) is 0 Å². The van der Waals surface area contributed by atoms with Crippen LogP contribution < -0.4 is 5.32 Å². The standard InChI is InChI=1S/C15H20N4O2/c1-3-18-21-11-12-7-4-5-8-13(12)14(19-20-2)15-16-9-6-10-17-15/h3-5,7-8H,6,9-11H2,1-2H3,(H,16,17)/b18-3-,19-14+. The Bertz CT molecular complexity index is 552. The van der Waals surface area contributed by atoms with E-state index in [0.717, 1.165) is 36.5 Å². The molecule has 0 amide bonds. The van der Waals surface area contributed by atoms with Crippen LogP contribution in [0.4, 0.5) is 0 Å². The molecular weight excluding hydrogens is 268 g/mol. The molecule has 1 N–H and O–H groups in total. The maximum atomic E-state index is 5.24. The summed E-state index contributed by atoms with van der Waals surface area (Å²) >= 11 is 0. The van der Waals surface area contributed by atoms with Crippen LogP contribution in [-0.2, 0) is 16.3 Å². The van der Waals surface area contributed by atoms with Crippen molar-refractivity contribution < 1.29 is 9.68 Å². The first kappa shape index (κ1) is 15.0. The summed E-state index contributed by atoms with van der Waals surface area (Å²) in [4.78, 5) is 14.7. The smallest absolute Gasteiger partial charge is 0.152 e. The SMILES string of the molecule is C/C=N\OCc1ccccc1/C(=N\OC)C1=NCCCN1. The van der Waals surface area contributed by atoms with Gasteiger partial charge in [-0.05, 0) is 13.3 Å². The van der Waals surface area contributed by atoms with E-state index >= 15 is 0 Å². The quantitative estimate of drug-likeness (QED) is 0.642. The average molecular weight is 288 g/mol. The highest BCUT2D eigenvalue weighted by Gasteiger charge is 2.18. The maximum Gasteiger partial charge on any atom is 0.152 e. The molecule has 0 fully saturated rings. The molecular formula is C15H20N4O2. The van der Waals surface area contributed by atoms with Crippen molar-refractivity contribution in [3.05, 3.63) is 35.4 Å². The topological polar surface area (TPSA) is 67.6 Å². The molecule has 0 spiro atoms. The molecule has 1 heterocycles. The molecule has 0 atom stereocenters. The Morgan fingerprint density at radius 1 is 1.43 bits per heavy atom. The fourth-order valence-corrected chi connectivity index (χ4v) is 2.06. The van der Waals surface area contributed by atoms with E-state index < -0.39 is 0 Å². The molecule has 1 aliphatic heterocycles. The maximum absolute atomic E-state index is 5.24. The van der Waals surface area contributed by atoms with Gasteiger partial charge in [-0.15, -0.1) is 0 Å². The Morgan fingerprint density at radius 2 is 2.29 bits per heavy atom. The van der Waals surface area contributed by atoms with E-state index in [2.05, 4.69) is 20.6 Å². The van der Waals surface area contributed by atoms with Crippen molar-refractivity contribution in [3.63, 3.8) is 0 Å². The predicted octanol–water partition coefficient (Wildman–Crippen LogP) is 1.95. The van der Waals surface area contributed by atoms with Crippen LogP contribution in [0.5, 0.6) is 0 Å². The zero-order valence-electron chi connectivity index (χ0n) is 12.4. The number of hydrogen-bond acceptors (Lipinski definition) is 6. The Balaban J connectivity index is 2.31. The van der Waals surface area contributed by atoms with Crippen LogP contribution in [0, 0.1) is 0 Å². The zero-order valence-corrected chi connectivity index (χ0v) is 12.4. The lowest BCUT2D eigenvalue weighted by Gasteiger charge is -2.17. The van der Waals surface area contributed by atoms with Crippen molar-refractivity contribution in [2.24, 2.45) is 15.3 Å². The minimum Gasteiger partial charge on any atom is -0.399 e. The van der Waals surface area contributed by atoms with Gasteiger partial charge >= 0.3 is 0 Å². The second kappa shape index (κ2) is 8.04. The van der Waals surface area contributed by atoms with Crippen molar-refractivity contribution in [1.82, 2.24) is 5.32 Å². The molecule has 0 saturated heterocycles. The molecule has 0 aliphatic carbocycles. The molecule has 0 unspecified atom stereocenters. The third kappa shape index (κ3) is 4.05. The van der Waals surface area contributed by atoms with Crippen LogP contribution in [0.3, 0.4) is 0 Å². The lowest BCUT2D eigenvalue weighted by Crippen LogP contribution is -2.36. The predicted molar refractivity (Wildman–Crippen MR) is 83.9 cm³/mol. The van der Waals surface area contributed by atoms with Crippen LogP contribution in [0.15, 0.2) is 39.6 Å². The third-order valence-electron chi connectivity index (χ3n) is 2.98. The summed E-state index contributed by atoms with van der Waals surface area (Å²) in [6, 6.07) is 7.87. The Hall–Kier alpha value is -2.37. The highest BCUT2D eigenvalue weighted by Crippen LogP contribution is 2.13. The van der Waals surface area contributed by atoms with Gasteiger partial charge in [0.1, 0.15) is 13.7 Å². The van der Waals surface area contributed by atoms with E-state index in [1.54, 1.807) is 6.21 Å². The van der Waals surface area contributed by atoms with Crippen molar-refractivity contribution >= 4 is 17.8 Å². The van der Waals surface area contributed by atoms with Gasteiger partial charge in [-0.2, -0.15) is 0 Å².